The van der Waals surface area contributed by atoms with Crippen LogP contribution in [0.2, 0.25) is 0 Å². The lowest BCUT2D eigenvalue weighted by Gasteiger charge is -2.25. The van der Waals surface area contributed by atoms with Gasteiger partial charge >= 0.3 is 0 Å². The molecule has 0 radical (unpaired) electrons. The quantitative estimate of drug-likeness (QED) is 0.861. The number of rotatable bonds is 6. The maximum atomic E-state index is 3.53. The van der Waals surface area contributed by atoms with Crippen molar-refractivity contribution in [2.24, 2.45) is 0 Å². The highest BCUT2D eigenvalue weighted by atomic mass is 79.9. The second-order valence-corrected chi connectivity index (χ2v) is 4.80. The van der Waals surface area contributed by atoms with Gasteiger partial charge in [-0.1, -0.05) is 22.9 Å². The van der Waals surface area contributed by atoms with Gasteiger partial charge in [0.1, 0.15) is 0 Å². The van der Waals surface area contributed by atoms with E-state index in [4.69, 9.17) is 0 Å². The molecule has 90 valence electrons. The minimum absolute atomic E-state index is 0.912. The molecule has 0 heterocycles. The molecule has 2 nitrogen and oxygen atoms in total. The van der Waals surface area contributed by atoms with Gasteiger partial charge in [0.25, 0.3) is 0 Å². The van der Waals surface area contributed by atoms with Gasteiger partial charge in [0, 0.05) is 29.8 Å². The van der Waals surface area contributed by atoms with E-state index in [-0.39, 0.29) is 0 Å². The summed E-state index contributed by atoms with van der Waals surface area (Å²) in [5.41, 5.74) is 2.70. The normalized spacial score (nSPS) is 10.5. The average Bonchev–Trinajstić information content (AvgIpc) is 2.27. The highest BCUT2D eigenvalue weighted by Gasteiger charge is 2.08. The third kappa shape index (κ3) is 3.49. The van der Waals surface area contributed by atoms with E-state index in [0.717, 1.165) is 24.1 Å². The van der Waals surface area contributed by atoms with Crippen molar-refractivity contribution in [3.8, 4) is 0 Å². The molecule has 0 aliphatic rings. The Morgan fingerprint density at radius 2 is 2.06 bits per heavy atom. The van der Waals surface area contributed by atoms with Gasteiger partial charge in [0.05, 0.1) is 0 Å². The highest BCUT2D eigenvalue weighted by molar-refractivity contribution is 9.10. The zero-order chi connectivity index (χ0) is 12.0. The molecular formula is C13H21BrN2. The Bertz CT molecular complexity index is 326. The topological polar surface area (TPSA) is 15.3 Å². The van der Waals surface area contributed by atoms with Crippen LogP contribution in [0.3, 0.4) is 0 Å². The molecule has 0 unspecified atom stereocenters. The van der Waals surface area contributed by atoms with Crippen LogP contribution in [0.5, 0.6) is 0 Å². The summed E-state index contributed by atoms with van der Waals surface area (Å²) in [4.78, 5) is 2.43. The van der Waals surface area contributed by atoms with Gasteiger partial charge in [-0.2, -0.15) is 0 Å². The molecule has 0 aliphatic carbocycles. The lowest BCUT2D eigenvalue weighted by molar-refractivity contribution is 0.766. The predicted octanol–water partition coefficient (Wildman–Crippen LogP) is 3.40. The summed E-state index contributed by atoms with van der Waals surface area (Å²) in [6.07, 6.45) is 1.18. The molecule has 1 N–H and O–H groups in total. The van der Waals surface area contributed by atoms with Crippen LogP contribution in [0.15, 0.2) is 22.7 Å². The minimum atomic E-state index is 0.912. The molecule has 1 aromatic carbocycles. The van der Waals surface area contributed by atoms with Crippen molar-refractivity contribution < 1.29 is 0 Å². The van der Waals surface area contributed by atoms with Gasteiger partial charge in [-0.3, -0.25) is 0 Å². The van der Waals surface area contributed by atoms with Crippen LogP contribution in [-0.2, 0) is 6.54 Å². The Morgan fingerprint density at radius 3 is 2.62 bits per heavy atom. The van der Waals surface area contributed by atoms with Gasteiger partial charge in [-0.25, -0.2) is 0 Å². The Kier molecular flexibility index (Phi) is 5.85. The third-order valence-corrected chi connectivity index (χ3v) is 3.12. The van der Waals surface area contributed by atoms with E-state index in [1.54, 1.807) is 0 Å². The molecule has 0 saturated heterocycles. The van der Waals surface area contributed by atoms with Crippen molar-refractivity contribution in [3.63, 3.8) is 0 Å². The predicted molar refractivity (Wildman–Crippen MR) is 75.1 cm³/mol. The minimum Gasteiger partial charge on any atom is -0.372 e. The molecule has 0 aliphatic heterocycles. The summed E-state index contributed by atoms with van der Waals surface area (Å²) in [5.74, 6) is 0. The zero-order valence-corrected chi connectivity index (χ0v) is 12.0. The fourth-order valence-electron chi connectivity index (χ4n) is 1.91. The van der Waals surface area contributed by atoms with Gasteiger partial charge in [0.2, 0.25) is 0 Å². The number of nitrogens with one attached hydrogen (secondary N) is 1. The Morgan fingerprint density at radius 1 is 1.31 bits per heavy atom. The molecule has 1 rings (SSSR count). The van der Waals surface area contributed by atoms with E-state index < -0.39 is 0 Å². The van der Waals surface area contributed by atoms with Crippen molar-refractivity contribution >= 4 is 21.6 Å². The first kappa shape index (κ1) is 13.5. The summed E-state index contributed by atoms with van der Waals surface area (Å²) in [6, 6.07) is 6.52. The maximum Gasteiger partial charge on any atom is 0.0412 e. The van der Waals surface area contributed by atoms with Crippen molar-refractivity contribution in [3.05, 3.63) is 28.2 Å². The van der Waals surface area contributed by atoms with Crippen LogP contribution in [0, 0.1) is 0 Å². The molecule has 0 fully saturated rings. The molecular weight excluding hydrogens is 264 g/mol. The Balaban J connectivity index is 2.99. The van der Waals surface area contributed by atoms with Crippen molar-refractivity contribution in [2.45, 2.75) is 26.8 Å². The molecule has 16 heavy (non-hydrogen) atoms. The van der Waals surface area contributed by atoms with Crippen LogP contribution in [0.4, 0.5) is 5.69 Å². The number of anilines is 1. The van der Waals surface area contributed by atoms with E-state index in [1.807, 2.05) is 7.05 Å². The van der Waals surface area contributed by atoms with Crippen molar-refractivity contribution in [1.82, 2.24) is 5.32 Å². The number of nitrogens with zero attached hydrogens (tertiary/aromatic N) is 1. The molecule has 0 saturated carbocycles. The lowest BCUT2D eigenvalue weighted by atomic mass is 10.1. The summed E-state index contributed by atoms with van der Waals surface area (Å²) < 4.78 is 1.15. The molecule has 3 heteroatoms. The second-order valence-electron chi connectivity index (χ2n) is 3.88. The number of hydrogen-bond acceptors (Lipinski definition) is 2. The fourth-order valence-corrected chi connectivity index (χ4v) is 2.32. The van der Waals surface area contributed by atoms with Crippen LogP contribution >= 0.6 is 15.9 Å². The third-order valence-electron chi connectivity index (χ3n) is 2.62. The number of hydrogen-bond donors (Lipinski definition) is 1. The molecule has 0 aromatic heterocycles. The molecule has 1 aromatic rings. The first-order valence-electron chi connectivity index (χ1n) is 5.90. The SMILES string of the molecule is CCCN(CC)c1ccc(Br)cc1CNC. The maximum absolute atomic E-state index is 3.53. The van der Waals surface area contributed by atoms with E-state index >= 15 is 0 Å². The number of benzene rings is 1. The summed E-state index contributed by atoms with van der Waals surface area (Å²) in [5, 5.41) is 3.23. The lowest BCUT2D eigenvalue weighted by Crippen LogP contribution is -2.25. The first-order valence-corrected chi connectivity index (χ1v) is 6.70. The molecule has 0 atom stereocenters. The summed E-state index contributed by atoms with van der Waals surface area (Å²) >= 11 is 3.53. The molecule has 0 amide bonds. The van der Waals surface area contributed by atoms with E-state index in [9.17, 15) is 0 Å². The fraction of sp³-hybridized carbons (Fsp3) is 0.538. The Labute approximate surface area is 107 Å². The van der Waals surface area contributed by atoms with Gasteiger partial charge in [0.15, 0.2) is 0 Å². The van der Waals surface area contributed by atoms with Gasteiger partial charge in [-0.05, 0) is 44.2 Å². The van der Waals surface area contributed by atoms with E-state index in [0.29, 0.717) is 0 Å². The number of halogens is 1. The van der Waals surface area contributed by atoms with Crippen molar-refractivity contribution in [1.29, 1.82) is 0 Å². The summed E-state index contributed by atoms with van der Waals surface area (Å²) in [7, 11) is 1.99. The van der Waals surface area contributed by atoms with Crippen LogP contribution < -0.4 is 10.2 Å². The van der Waals surface area contributed by atoms with E-state index in [2.05, 4.69) is 58.2 Å². The van der Waals surface area contributed by atoms with Crippen molar-refractivity contribution in [2.75, 3.05) is 25.0 Å². The summed E-state index contributed by atoms with van der Waals surface area (Å²) in [6.45, 7) is 7.52. The smallest absolute Gasteiger partial charge is 0.0412 e. The zero-order valence-electron chi connectivity index (χ0n) is 10.4. The standard InChI is InChI=1S/C13H21BrN2/c1-4-8-16(5-2)13-7-6-12(14)9-11(13)10-15-3/h6-7,9,15H,4-5,8,10H2,1-3H3. The van der Waals surface area contributed by atoms with Crippen LogP contribution in [0.1, 0.15) is 25.8 Å². The van der Waals surface area contributed by atoms with Crippen LogP contribution in [-0.4, -0.2) is 20.1 Å². The van der Waals surface area contributed by atoms with Gasteiger partial charge < -0.3 is 10.2 Å². The molecule has 0 bridgehead atoms. The second kappa shape index (κ2) is 6.92. The largest absolute Gasteiger partial charge is 0.372 e. The van der Waals surface area contributed by atoms with Gasteiger partial charge in [-0.15, -0.1) is 0 Å². The molecule has 0 spiro atoms. The van der Waals surface area contributed by atoms with Crippen LogP contribution in [0.25, 0.3) is 0 Å². The van der Waals surface area contributed by atoms with E-state index in [1.165, 1.54) is 17.7 Å². The monoisotopic (exact) mass is 284 g/mol. The Hall–Kier alpha value is -0.540. The average molecular weight is 285 g/mol. The first-order chi connectivity index (χ1) is 7.72. The highest BCUT2D eigenvalue weighted by Crippen LogP contribution is 2.24.